The van der Waals surface area contributed by atoms with E-state index in [1.807, 2.05) is 0 Å². The molecule has 4 atom stereocenters. The highest BCUT2D eigenvalue weighted by Gasteiger charge is 2.24. The number of carbonyl (C=O) groups is 2. The highest BCUT2D eigenvalue weighted by molar-refractivity contribution is 5.85. The smallest absolute Gasteiger partial charge is 0.223 e. The normalized spacial score (nSPS) is 17.2. The summed E-state index contributed by atoms with van der Waals surface area (Å²) in [6.07, 6.45) is -4.48. The van der Waals surface area contributed by atoms with E-state index in [-0.39, 0.29) is 18.9 Å². The zero-order valence-corrected chi connectivity index (χ0v) is 11.0. The molecule has 112 valence electrons. The lowest BCUT2D eigenvalue weighted by molar-refractivity contribution is -0.130. The van der Waals surface area contributed by atoms with Gasteiger partial charge in [0.2, 0.25) is 11.8 Å². The van der Waals surface area contributed by atoms with Crippen LogP contribution in [-0.4, -0.2) is 70.8 Å². The van der Waals surface area contributed by atoms with E-state index < -0.39 is 36.7 Å². The first-order valence-electron chi connectivity index (χ1n) is 5.96. The summed E-state index contributed by atoms with van der Waals surface area (Å²) in [5, 5.41) is 41.2. The van der Waals surface area contributed by atoms with Gasteiger partial charge in [-0.2, -0.15) is 0 Å². The van der Waals surface area contributed by atoms with Crippen molar-refractivity contribution in [2.24, 2.45) is 5.92 Å². The molecule has 8 heteroatoms. The van der Waals surface area contributed by atoms with Crippen LogP contribution in [0.3, 0.4) is 0 Å². The molecule has 6 N–H and O–H groups in total. The molecule has 19 heavy (non-hydrogen) atoms. The standard InChI is InChI=1S/C11H22N2O6/c1-6(11(19)12-2)3-9(17)13-4-7(15)10(18)8(16)5-14/h6-8,10,14-16,18H,3-5H2,1-2H3,(H,12,19)(H,13,17). The Morgan fingerprint density at radius 2 is 1.74 bits per heavy atom. The Hall–Kier alpha value is -1.22. The molecular weight excluding hydrogens is 256 g/mol. The lowest BCUT2D eigenvalue weighted by atomic mass is 10.1. The molecule has 0 saturated heterocycles. The van der Waals surface area contributed by atoms with Crippen LogP contribution in [0.4, 0.5) is 0 Å². The van der Waals surface area contributed by atoms with Crippen LogP contribution in [0.2, 0.25) is 0 Å². The number of aliphatic hydroxyl groups excluding tert-OH is 4. The van der Waals surface area contributed by atoms with E-state index in [1.165, 1.54) is 7.05 Å². The quantitative estimate of drug-likeness (QED) is 0.279. The topological polar surface area (TPSA) is 139 Å². The summed E-state index contributed by atoms with van der Waals surface area (Å²) in [6.45, 7) is 0.608. The van der Waals surface area contributed by atoms with Crippen LogP contribution >= 0.6 is 0 Å². The SMILES string of the molecule is CNC(=O)C(C)CC(=O)NCC(O)C(O)C(O)CO. The first kappa shape index (κ1) is 17.8. The van der Waals surface area contributed by atoms with E-state index in [2.05, 4.69) is 10.6 Å². The van der Waals surface area contributed by atoms with Gasteiger partial charge in [-0.05, 0) is 0 Å². The van der Waals surface area contributed by atoms with Crippen LogP contribution in [0.25, 0.3) is 0 Å². The molecule has 0 bridgehead atoms. The zero-order valence-electron chi connectivity index (χ0n) is 11.0. The molecule has 0 saturated carbocycles. The van der Waals surface area contributed by atoms with E-state index in [0.717, 1.165) is 0 Å². The maximum Gasteiger partial charge on any atom is 0.223 e. The van der Waals surface area contributed by atoms with E-state index in [1.54, 1.807) is 6.92 Å². The number of amides is 2. The van der Waals surface area contributed by atoms with Crippen LogP contribution in [0.5, 0.6) is 0 Å². The van der Waals surface area contributed by atoms with Gasteiger partial charge in [-0.1, -0.05) is 6.92 Å². The van der Waals surface area contributed by atoms with E-state index in [0.29, 0.717) is 0 Å². The second-order valence-electron chi connectivity index (χ2n) is 4.33. The molecule has 0 aromatic rings. The van der Waals surface area contributed by atoms with Crippen LogP contribution in [0.15, 0.2) is 0 Å². The Bertz CT molecular complexity index is 299. The van der Waals surface area contributed by atoms with E-state index >= 15 is 0 Å². The van der Waals surface area contributed by atoms with Gasteiger partial charge in [-0.25, -0.2) is 0 Å². The van der Waals surface area contributed by atoms with Crippen molar-refractivity contribution in [3.63, 3.8) is 0 Å². The highest BCUT2D eigenvalue weighted by atomic mass is 16.4. The molecule has 4 unspecified atom stereocenters. The molecule has 0 rings (SSSR count). The number of hydrogen-bond acceptors (Lipinski definition) is 6. The van der Waals surface area contributed by atoms with Gasteiger partial charge in [0, 0.05) is 25.9 Å². The third-order valence-electron chi connectivity index (χ3n) is 2.67. The number of carbonyl (C=O) groups excluding carboxylic acids is 2. The predicted octanol–water partition coefficient (Wildman–Crippen LogP) is -3.05. The van der Waals surface area contributed by atoms with Crippen LogP contribution in [-0.2, 0) is 9.59 Å². The Morgan fingerprint density at radius 3 is 2.21 bits per heavy atom. The Labute approximate surface area is 111 Å². The molecule has 0 heterocycles. The van der Waals surface area contributed by atoms with Crippen molar-refractivity contribution in [1.29, 1.82) is 0 Å². The van der Waals surface area contributed by atoms with Crippen molar-refractivity contribution < 1.29 is 30.0 Å². The molecule has 2 amide bonds. The van der Waals surface area contributed by atoms with Gasteiger partial charge >= 0.3 is 0 Å². The highest BCUT2D eigenvalue weighted by Crippen LogP contribution is 2.02. The Morgan fingerprint density at radius 1 is 1.16 bits per heavy atom. The third kappa shape index (κ3) is 6.48. The van der Waals surface area contributed by atoms with Gasteiger partial charge in [0.25, 0.3) is 0 Å². The number of rotatable bonds is 8. The summed E-state index contributed by atoms with van der Waals surface area (Å²) in [5.74, 6) is -1.23. The summed E-state index contributed by atoms with van der Waals surface area (Å²) in [7, 11) is 1.47. The van der Waals surface area contributed by atoms with Crippen molar-refractivity contribution in [3.05, 3.63) is 0 Å². The number of nitrogens with one attached hydrogen (secondary N) is 2. The summed E-state index contributed by atoms with van der Waals surface area (Å²) in [4.78, 5) is 22.6. The Kier molecular flexibility index (Phi) is 8.24. The lowest BCUT2D eigenvalue weighted by Crippen LogP contribution is -2.46. The molecule has 8 nitrogen and oxygen atoms in total. The molecule has 0 fully saturated rings. The zero-order chi connectivity index (χ0) is 15.0. The fourth-order valence-corrected chi connectivity index (χ4v) is 1.39. The minimum absolute atomic E-state index is 0.0506. The first-order valence-corrected chi connectivity index (χ1v) is 5.96. The largest absolute Gasteiger partial charge is 0.394 e. The van der Waals surface area contributed by atoms with Gasteiger partial charge in [0.1, 0.15) is 12.2 Å². The second kappa shape index (κ2) is 8.81. The predicted molar refractivity (Wildman–Crippen MR) is 66.0 cm³/mol. The maximum atomic E-state index is 11.4. The minimum atomic E-state index is -1.55. The summed E-state index contributed by atoms with van der Waals surface area (Å²) in [5.41, 5.74) is 0. The van der Waals surface area contributed by atoms with Gasteiger partial charge in [0.05, 0.1) is 12.7 Å². The van der Waals surface area contributed by atoms with Crippen LogP contribution in [0, 0.1) is 5.92 Å². The molecule has 0 radical (unpaired) electrons. The van der Waals surface area contributed by atoms with Crippen molar-refractivity contribution in [2.75, 3.05) is 20.2 Å². The maximum absolute atomic E-state index is 11.4. The molecule has 0 spiro atoms. The fourth-order valence-electron chi connectivity index (χ4n) is 1.39. The monoisotopic (exact) mass is 278 g/mol. The van der Waals surface area contributed by atoms with Crippen molar-refractivity contribution >= 4 is 11.8 Å². The van der Waals surface area contributed by atoms with E-state index in [4.69, 9.17) is 10.2 Å². The molecule has 0 aromatic heterocycles. The molecule has 0 aromatic carbocycles. The van der Waals surface area contributed by atoms with Crippen LogP contribution in [0.1, 0.15) is 13.3 Å². The van der Waals surface area contributed by atoms with Gasteiger partial charge in [-0.3, -0.25) is 9.59 Å². The van der Waals surface area contributed by atoms with Gasteiger partial charge < -0.3 is 31.1 Å². The van der Waals surface area contributed by atoms with Gasteiger partial charge in [0.15, 0.2) is 0 Å². The lowest BCUT2D eigenvalue weighted by Gasteiger charge is -2.21. The molecule has 0 aliphatic carbocycles. The summed E-state index contributed by atoms with van der Waals surface area (Å²) < 4.78 is 0. The summed E-state index contributed by atoms with van der Waals surface area (Å²) >= 11 is 0. The molecular formula is C11H22N2O6. The van der Waals surface area contributed by atoms with Crippen LogP contribution < -0.4 is 10.6 Å². The minimum Gasteiger partial charge on any atom is -0.394 e. The second-order valence-corrected chi connectivity index (χ2v) is 4.33. The van der Waals surface area contributed by atoms with Crippen molar-refractivity contribution in [3.8, 4) is 0 Å². The average molecular weight is 278 g/mol. The summed E-state index contributed by atoms with van der Waals surface area (Å²) in [6, 6.07) is 0. The molecule has 0 aliphatic heterocycles. The van der Waals surface area contributed by atoms with E-state index in [9.17, 15) is 19.8 Å². The van der Waals surface area contributed by atoms with Gasteiger partial charge in [-0.15, -0.1) is 0 Å². The average Bonchev–Trinajstić information content (AvgIpc) is 2.41. The van der Waals surface area contributed by atoms with Crippen molar-refractivity contribution in [1.82, 2.24) is 10.6 Å². The van der Waals surface area contributed by atoms with Crippen molar-refractivity contribution in [2.45, 2.75) is 31.7 Å². The number of aliphatic hydroxyl groups is 4. The fraction of sp³-hybridized carbons (Fsp3) is 0.818. The molecule has 0 aliphatic rings. The number of hydrogen-bond donors (Lipinski definition) is 6. The Balaban J connectivity index is 4.06. The third-order valence-corrected chi connectivity index (χ3v) is 2.67. The first-order chi connectivity index (χ1) is 8.83.